The largest absolute Gasteiger partial charge is 0.326 e. The van der Waals surface area contributed by atoms with Gasteiger partial charge >= 0.3 is 0 Å². The lowest BCUT2D eigenvalue weighted by Gasteiger charge is -2.00. The van der Waals surface area contributed by atoms with E-state index < -0.39 is 0 Å². The zero-order chi connectivity index (χ0) is 12.3. The number of aliphatic imine (C=N–C) groups is 1. The zero-order valence-corrected chi connectivity index (χ0v) is 8.90. The molecule has 1 aromatic rings. The van der Waals surface area contributed by atoms with E-state index in [0.717, 1.165) is 16.8 Å². The molecule has 1 aromatic carbocycles. The molecule has 5 heteroatoms. The molecule has 0 fully saturated rings. The van der Waals surface area contributed by atoms with Crippen molar-refractivity contribution in [3.8, 4) is 12.1 Å². The van der Waals surface area contributed by atoms with Gasteiger partial charge in [-0.3, -0.25) is 9.79 Å². The minimum absolute atomic E-state index is 0.0182. The number of nitriles is 2. The van der Waals surface area contributed by atoms with Crippen molar-refractivity contribution in [1.82, 2.24) is 0 Å². The summed E-state index contributed by atoms with van der Waals surface area (Å²) in [5, 5.41) is 19.8. The van der Waals surface area contributed by atoms with Crippen LogP contribution in [0.5, 0.6) is 0 Å². The second kappa shape index (κ2) is 4.46. The van der Waals surface area contributed by atoms with Crippen LogP contribution < -0.4 is 5.32 Å². The van der Waals surface area contributed by atoms with Crippen LogP contribution in [0, 0.1) is 22.7 Å². The Hall–Kier alpha value is -2.66. The molecule has 0 bridgehead atoms. The van der Waals surface area contributed by atoms with Gasteiger partial charge in [0.05, 0.1) is 13.0 Å². The predicted octanol–water partition coefficient (Wildman–Crippen LogP) is 1.17. The number of hydrogen-bond acceptors (Lipinski definition) is 4. The van der Waals surface area contributed by atoms with Crippen molar-refractivity contribution in [1.29, 1.82) is 10.5 Å². The van der Waals surface area contributed by atoms with Crippen LogP contribution in [-0.2, 0) is 17.8 Å². The van der Waals surface area contributed by atoms with Crippen LogP contribution in [-0.4, -0.2) is 11.6 Å². The summed E-state index contributed by atoms with van der Waals surface area (Å²) in [4.78, 5) is 15.0. The Labute approximate surface area is 98.0 Å². The van der Waals surface area contributed by atoms with Gasteiger partial charge in [0.25, 0.3) is 0 Å². The summed E-state index contributed by atoms with van der Waals surface area (Å²) >= 11 is 0. The Morgan fingerprint density at radius 1 is 1.41 bits per heavy atom. The fourth-order valence-electron chi connectivity index (χ4n) is 1.65. The van der Waals surface area contributed by atoms with E-state index in [-0.39, 0.29) is 18.2 Å². The smallest absolute Gasteiger partial charge is 0.228 e. The van der Waals surface area contributed by atoms with Crippen LogP contribution in [0.2, 0.25) is 0 Å². The fourth-order valence-corrected chi connectivity index (χ4v) is 1.65. The summed E-state index contributed by atoms with van der Waals surface area (Å²) in [5.74, 6) is -0.0182. The number of rotatable bonds is 2. The van der Waals surface area contributed by atoms with E-state index in [2.05, 4.69) is 10.3 Å². The average molecular weight is 224 g/mol. The molecule has 1 aliphatic rings. The van der Waals surface area contributed by atoms with E-state index in [1.54, 1.807) is 12.1 Å². The van der Waals surface area contributed by atoms with Gasteiger partial charge in [0.1, 0.15) is 12.1 Å². The molecule has 5 nitrogen and oxygen atoms in total. The summed E-state index contributed by atoms with van der Waals surface area (Å²) in [5.41, 5.74) is 2.49. The Morgan fingerprint density at radius 3 is 2.88 bits per heavy atom. The van der Waals surface area contributed by atoms with Gasteiger partial charge < -0.3 is 5.32 Å². The highest BCUT2D eigenvalue weighted by Crippen LogP contribution is 2.24. The molecule has 0 atom stereocenters. The molecule has 1 N–H and O–H groups in total. The zero-order valence-electron chi connectivity index (χ0n) is 8.90. The third kappa shape index (κ3) is 2.30. The minimum atomic E-state index is -0.139. The van der Waals surface area contributed by atoms with Gasteiger partial charge in [0, 0.05) is 5.69 Å². The summed E-state index contributed by atoms with van der Waals surface area (Å²) < 4.78 is 0. The first kappa shape index (κ1) is 10.8. The number of carbonyl (C=O) groups is 1. The standard InChI is InChI=1S/C12H8N4O/c13-5-10(6-14)15-7-8-1-2-11-9(3-8)4-12(17)16-11/h1-3H,4,7H2,(H,16,17). The molecule has 0 spiro atoms. The number of nitrogens with zero attached hydrogens (tertiary/aromatic N) is 3. The highest BCUT2D eigenvalue weighted by atomic mass is 16.1. The van der Waals surface area contributed by atoms with Crippen LogP contribution in [0.25, 0.3) is 0 Å². The van der Waals surface area contributed by atoms with Crippen LogP contribution in [0.1, 0.15) is 11.1 Å². The lowest BCUT2D eigenvalue weighted by molar-refractivity contribution is -0.115. The number of amides is 1. The molecule has 17 heavy (non-hydrogen) atoms. The van der Waals surface area contributed by atoms with Crippen molar-refractivity contribution in [2.75, 3.05) is 5.32 Å². The molecule has 2 rings (SSSR count). The third-order valence-corrected chi connectivity index (χ3v) is 2.43. The average Bonchev–Trinajstić information content (AvgIpc) is 2.69. The Kier molecular flexibility index (Phi) is 2.85. The van der Waals surface area contributed by atoms with Crippen LogP contribution in [0.15, 0.2) is 23.2 Å². The Bertz CT molecular complexity index is 574. The first-order valence-electron chi connectivity index (χ1n) is 4.99. The number of anilines is 1. The summed E-state index contributed by atoms with van der Waals surface area (Å²) in [6.07, 6.45) is 0.371. The lowest BCUT2D eigenvalue weighted by atomic mass is 10.1. The number of fused-ring (bicyclic) bond motifs is 1. The first-order chi connectivity index (χ1) is 8.22. The topological polar surface area (TPSA) is 89.0 Å². The molecule has 0 unspecified atom stereocenters. The van der Waals surface area contributed by atoms with Gasteiger partial charge in [-0.15, -0.1) is 0 Å². The van der Waals surface area contributed by atoms with Crippen LogP contribution in [0.4, 0.5) is 5.69 Å². The van der Waals surface area contributed by atoms with Crippen LogP contribution >= 0.6 is 0 Å². The van der Waals surface area contributed by atoms with Gasteiger partial charge in [-0.25, -0.2) is 0 Å². The highest BCUT2D eigenvalue weighted by Gasteiger charge is 2.17. The van der Waals surface area contributed by atoms with Gasteiger partial charge in [-0.05, 0) is 17.2 Å². The molecular weight excluding hydrogens is 216 g/mol. The quantitative estimate of drug-likeness (QED) is 0.764. The molecule has 0 saturated carbocycles. The van der Waals surface area contributed by atoms with E-state index in [1.807, 2.05) is 18.2 Å². The molecule has 1 heterocycles. The van der Waals surface area contributed by atoms with Crippen molar-refractivity contribution in [3.63, 3.8) is 0 Å². The second-order valence-corrected chi connectivity index (χ2v) is 3.60. The van der Waals surface area contributed by atoms with Crippen LogP contribution in [0.3, 0.4) is 0 Å². The van der Waals surface area contributed by atoms with Crippen molar-refractivity contribution in [2.45, 2.75) is 13.0 Å². The first-order valence-corrected chi connectivity index (χ1v) is 4.99. The van der Waals surface area contributed by atoms with E-state index >= 15 is 0 Å². The molecule has 0 radical (unpaired) electrons. The maximum Gasteiger partial charge on any atom is 0.228 e. The third-order valence-electron chi connectivity index (χ3n) is 2.43. The molecular formula is C12H8N4O. The monoisotopic (exact) mass is 224 g/mol. The van der Waals surface area contributed by atoms with Crippen molar-refractivity contribution in [2.24, 2.45) is 4.99 Å². The molecule has 82 valence electrons. The summed E-state index contributed by atoms with van der Waals surface area (Å²) in [6, 6.07) is 8.90. The predicted molar refractivity (Wildman–Crippen MR) is 61.1 cm³/mol. The fraction of sp³-hybridized carbons (Fsp3) is 0.167. The summed E-state index contributed by atoms with van der Waals surface area (Å²) in [6.45, 7) is 0.276. The normalized spacial score (nSPS) is 12.0. The minimum Gasteiger partial charge on any atom is -0.326 e. The second-order valence-electron chi connectivity index (χ2n) is 3.60. The van der Waals surface area contributed by atoms with E-state index in [1.165, 1.54) is 0 Å². The van der Waals surface area contributed by atoms with Gasteiger partial charge in [-0.1, -0.05) is 12.1 Å². The van der Waals surface area contributed by atoms with E-state index in [0.29, 0.717) is 6.42 Å². The SMILES string of the molecule is N#CC(C#N)=NCc1ccc2c(c1)CC(=O)N2. The molecule has 1 amide bonds. The van der Waals surface area contributed by atoms with Gasteiger partial charge in [0.2, 0.25) is 11.6 Å². The highest BCUT2D eigenvalue weighted by molar-refractivity contribution is 6.10. The molecule has 0 saturated heterocycles. The maximum absolute atomic E-state index is 11.1. The van der Waals surface area contributed by atoms with Gasteiger partial charge in [0.15, 0.2) is 0 Å². The number of benzene rings is 1. The number of hydrogen-bond donors (Lipinski definition) is 1. The summed E-state index contributed by atoms with van der Waals surface area (Å²) in [7, 11) is 0. The lowest BCUT2D eigenvalue weighted by Crippen LogP contribution is -2.03. The molecule has 0 aromatic heterocycles. The van der Waals surface area contributed by atoms with Gasteiger partial charge in [-0.2, -0.15) is 10.5 Å². The Balaban J connectivity index is 2.18. The van der Waals surface area contributed by atoms with Crippen molar-refractivity contribution < 1.29 is 4.79 Å². The molecule has 1 aliphatic heterocycles. The Morgan fingerprint density at radius 2 is 2.18 bits per heavy atom. The van der Waals surface area contributed by atoms with E-state index in [9.17, 15) is 4.79 Å². The number of nitrogens with one attached hydrogen (secondary N) is 1. The molecule has 0 aliphatic carbocycles. The van der Waals surface area contributed by atoms with Crippen molar-refractivity contribution in [3.05, 3.63) is 29.3 Å². The van der Waals surface area contributed by atoms with Crippen molar-refractivity contribution >= 4 is 17.3 Å². The van der Waals surface area contributed by atoms with E-state index in [4.69, 9.17) is 10.5 Å². The maximum atomic E-state index is 11.1. The number of carbonyl (C=O) groups excluding carboxylic acids is 1.